The van der Waals surface area contributed by atoms with Crippen molar-refractivity contribution < 1.29 is 22.9 Å². The molecule has 1 aliphatic rings. The van der Waals surface area contributed by atoms with Crippen LogP contribution in [0.1, 0.15) is 21.2 Å². The first-order chi connectivity index (χ1) is 12.4. The van der Waals surface area contributed by atoms with E-state index in [9.17, 15) is 23.3 Å². The Labute approximate surface area is 154 Å². The van der Waals surface area contributed by atoms with Gasteiger partial charge in [0, 0.05) is 23.1 Å². The quantitative estimate of drug-likeness (QED) is 0.322. The fraction of sp³-hybridized carbons (Fsp3) is 0.235. The maximum absolute atomic E-state index is 12.2. The van der Waals surface area contributed by atoms with Gasteiger partial charge in [0.1, 0.15) is 6.61 Å². The molecule has 3 rings (SSSR count). The lowest BCUT2D eigenvalue weighted by atomic mass is 10.1. The van der Waals surface area contributed by atoms with Crippen LogP contribution in [0.3, 0.4) is 0 Å². The summed E-state index contributed by atoms with van der Waals surface area (Å²) < 4.78 is 29.7. The number of ether oxygens (including phenoxy) is 1. The zero-order valence-electron chi connectivity index (χ0n) is 13.5. The number of rotatable bonds is 6. The van der Waals surface area contributed by atoms with Gasteiger partial charge in [-0.25, -0.2) is 13.2 Å². The molecule has 136 valence electrons. The van der Waals surface area contributed by atoms with Crippen molar-refractivity contribution in [3.05, 3.63) is 69.8 Å². The molecule has 0 aromatic heterocycles. The fourth-order valence-corrected chi connectivity index (χ4v) is 6.14. The van der Waals surface area contributed by atoms with E-state index < -0.39 is 20.7 Å². The van der Waals surface area contributed by atoms with Crippen LogP contribution in [-0.4, -0.2) is 37.4 Å². The molecule has 1 aliphatic heterocycles. The zero-order valence-corrected chi connectivity index (χ0v) is 15.2. The molecule has 0 spiro atoms. The molecule has 0 saturated carbocycles. The standard InChI is InChI=1S/C17H15NO6S2/c19-17(12-4-2-1-3-5-12)24-8-9-25-15-11-26(22,23)16-10-13(18(20)21)6-7-14(15)16/h1-7,10,15H,8-9,11H2. The van der Waals surface area contributed by atoms with Gasteiger partial charge in [-0.3, -0.25) is 10.1 Å². The van der Waals surface area contributed by atoms with E-state index in [1.54, 1.807) is 30.3 Å². The molecule has 7 nitrogen and oxygen atoms in total. The van der Waals surface area contributed by atoms with Gasteiger partial charge in [0.05, 0.1) is 21.1 Å². The number of carbonyl (C=O) groups is 1. The van der Waals surface area contributed by atoms with Gasteiger partial charge in [0.15, 0.2) is 9.84 Å². The Kier molecular flexibility index (Phi) is 5.28. The summed E-state index contributed by atoms with van der Waals surface area (Å²) in [6.07, 6.45) is 0. The van der Waals surface area contributed by atoms with E-state index >= 15 is 0 Å². The van der Waals surface area contributed by atoms with E-state index in [4.69, 9.17) is 4.74 Å². The third-order valence-corrected chi connectivity index (χ3v) is 7.14. The number of hydrogen-bond acceptors (Lipinski definition) is 7. The Morgan fingerprint density at radius 1 is 1.23 bits per heavy atom. The lowest BCUT2D eigenvalue weighted by molar-refractivity contribution is -0.385. The van der Waals surface area contributed by atoms with Crippen LogP contribution in [-0.2, 0) is 14.6 Å². The molecule has 1 heterocycles. The third kappa shape index (κ3) is 3.88. The highest BCUT2D eigenvalue weighted by Crippen LogP contribution is 2.43. The minimum absolute atomic E-state index is 0.0190. The van der Waals surface area contributed by atoms with E-state index in [-0.39, 0.29) is 28.2 Å². The highest BCUT2D eigenvalue weighted by molar-refractivity contribution is 8.01. The second kappa shape index (κ2) is 7.46. The van der Waals surface area contributed by atoms with Crippen LogP contribution in [0.4, 0.5) is 5.69 Å². The van der Waals surface area contributed by atoms with Crippen molar-refractivity contribution in [1.29, 1.82) is 0 Å². The molecule has 1 atom stereocenters. The summed E-state index contributed by atoms with van der Waals surface area (Å²) >= 11 is 1.35. The molecular formula is C17H15NO6S2. The number of nitrogens with zero attached hydrogens (tertiary/aromatic N) is 1. The number of esters is 1. The van der Waals surface area contributed by atoms with Crippen LogP contribution < -0.4 is 0 Å². The molecule has 0 bridgehead atoms. The molecule has 0 fully saturated rings. The van der Waals surface area contributed by atoms with E-state index in [2.05, 4.69) is 0 Å². The minimum atomic E-state index is -3.54. The van der Waals surface area contributed by atoms with Crippen molar-refractivity contribution >= 4 is 33.3 Å². The second-order valence-electron chi connectivity index (χ2n) is 5.62. The number of sulfone groups is 1. The van der Waals surface area contributed by atoms with Crippen molar-refractivity contribution in [1.82, 2.24) is 0 Å². The summed E-state index contributed by atoms with van der Waals surface area (Å²) in [5.41, 5.74) is 0.781. The van der Waals surface area contributed by atoms with Gasteiger partial charge >= 0.3 is 5.97 Å². The summed E-state index contributed by atoms with van der Waals surface area (Å²) in [7, 11) is -3.54. The van der Waals surface area contributed by atoms with E-state index in [0.29, 0.717) is 16.9 Å². The molecule has 0 N–H and O–H groups in total. The molecule has 0 aliphatic carbocycles. The van der Waals surface area contributed by atoms with Crippen LogP contribution in [0, 0.1) is 10.1 Å². The second-order valence-corrected chi connectivity index (χ2v) is 8.94. The molecule has 9 heteroatoms. The average molecular weight is 393 g/mol. The Bertz CT molecular complexity index is 943. The van der Waals surface area contributed by atoms with Gasteiger partial charge < -0.3 is 4.74 Å². The molecule has 2 aromatic rings. The molecular weight excluding hydrogens is 378 g/mol. The molecule has 1 unspecified atom stereocenters. The predicted molar refractivity (Wildman–Crippen MR) is 97.1 cm³/mol. The first-order valence-electron chi connectivity index (χ1n) is 7.73. The van der Waals surface area contributed by atoms with Gasteiger partial charge in [-0.1, -0.05) is 18.2 Å². The van der Waals surface area contributed by atoms with Crippen LogP contribution in [0.5, 0.6) is 0 Å². The SMILES string of the molecule is O=C(OCCSC1CS(=O)(=O)c2cc([N+](=O)[O-])ccc21)c1ccccc1. The number of fused-ring (bicyclic) bond motifs is 1. The fourth-order valence-electron chi connectivity index (χ4n) is 2.67. The number of non-ortho nitro benzene ring substituents is 1. The van der Waals surface area contributed by atoms with E-state index in [0.717, 1.165) is 6.07 Å². The summed E-state index contributed by atoms with van der Waals surface area (Å²) in [4.78, 5) is 22.1. The van der Waals surface area contributed by atoms with Crippen molar-refractivity contribution in [2.45, 2.75) is 10.1 Å². The maximum Gasteiger partial charge on any atom is 0.338 e. The van der Waals surface area contributed by atoms with Gasteiger partial charge in [-0.05, 0) is 23.8 Å². The molecule has 26 heavy (non-hydrogen) atoms. The number of nitro groups is 1. The van der Waals surface area contributed by atoms with Crippen molar-refractivity contribution in [2.24, 2.45) is 0 Å². The van der Waals surface area contributed by atoms with Gasteiger partial charge in [-0.15, -0.1) is 11.8 Å². The molecule has 0 amide bonds. The van der Waals surface area contributed by atoms with Crippen LogP contribution in [0.25, 0.3) is 0 Å². The number of thioether (sulfide) groups is 1. The lowest BCUT2D eigenvalue weighted by Gasteiger charge is -2.10. The van der Waals surface area contributed by atoms with Crippen molar-refractivity contribution in [3.8, 4) is 0 Å². The van der Waals surface area contributed by atoms with Crippen LogP contribution in [0.2, 0.25) is 0 Å². The summed E-state index contributed by atoms with van der Waals surface area (Å²) in [5, 5.41) is 10.5. The van der Waals surface area contributed by atoms with E-state index in [1.807, 2.05) is 0 Å². The van der Waals surface area contributed by atoms with Gasteiger partial charge in [0.2, 0.25) is 0 Å². The molecule has 2 aromatic carbocycles. The summed E-state index contributed by atoms with van der Waals surface area (Å²) in [6, 6.07) is 12.5. The number of hydrogen-bond donors (Lipinski definition) is 0. The molecule has 0 radical (unpaired) electrons. The average Bonchev–Trinajstić information content (AvgIpc) is 2.89. The Hall–Kier alpha value is -2.39. The van der Waals surface area contributed by atoms with Gasteiger partial charge in [0.25, 0.3) is 5.69 Å². The number of benzene rings is 2. The Morgan fingerprint density at radius 2 is 1.96 bits per heavy atom. The summed E-state index contributed by atoms with van der Waals surface area (Å²) in [5.74, 6) is -0.114. The highest BCUT2D eigenvalue weighted by atomic mass is 32.2. The number of nitro benzene ring substituents is 1. The van der Waals surface area contributed by atoms with Crippen molar-refractivity contribution in [2.75, 3.05) is 18.1 Å². The first kappa shape index (κ1) is 18.4. The zero-order chi connectivity index (χ0) is 18.7. The van der Waals surface area contributed by atoms with Crippen LogP contribution in [0.15, 0.2) is 53.4 Å². The topological polar surface area (TPSA) is 104 Å². The number of carbonyl (C=O) groups excluding carboxylic acids is 1. The minimum Gasteiger partial charge on any atom is -0.461 e. The van der Waals surface area contributed by atoms with Crippen molar-refractivity contribution in [3.63, 3.8) is 0 Å². The Morgan fingerprint density at radius 3 is 2.65 bits per heavy atom. The normalized spacial score (nSPS) is 17.5. The largest absolute Gasteiger partial charge is 0.461 e. The predicted octanol–water partition coefficient (Wildman–Crippen LogP) is 3.01. The Balaban J connectivity index is 1.60. The van der Waals surface area contributed by atoms with Gasteiger partial charge in [-0.2, -0.15) is 0 Å². The highest BCUT2D eigenvalue weighted by Gasteiger charge is 2.36. The smallest absolute Gasteiger partial charge is 0.338 e. The lowest BCUT2D eigenvalue weighted by Crippen LogP contribution is -2.09. The summed E-state index contributed by atoms with van der Waals surface area (Å²) in [6.45, 7) is 0.150. The third-order valence-electron chi connectivity index (χ3n) is 3.91. The van der Waals surface area contributed by atoms with E-state index in [1.165, 1.54) is 23.9 Å². The first-order valence-corrected chi connectivity index (χ1v) is 10.4. The maximum atomic E-state index is 12.2. The monoisotopic (exact) mass is 393 g/mol. The van der Waals surface area contributed by atoms with Crippen LogP contribution >= 0.6 is 11.8 Å². The molecule has 0 saturated heterocycles.